The number of ether oxygens (including phenoxy) is 1. The van der Waals surface area contributed by atoms with E-state index in [-0.39, 0.29) is 23.1 Å². The summed E-state index contributed by atoms with van der Waals surface area (Å²) in [5.41, 5.74) is 0.821. The first-order chi connectivity index (χ1) is 10.3. The maximum absolute atomic E-state index is 11.0. The topological polar surface area (TPSA) is 125 Å². The molecule has 22 heavy (non-hydrogen) atoms. The molecule has 0 atom stereocenters. The van der Waals surface area contributed by atoms with Gasteiger partial charge < -0.3 is 20.2 Å². The van der Waals surface area contributed by atoms with Crippen molar-refractivity contribution in [2.24, 2.45) is 7.05 Å². The molecule has 1 aromatic heterocycles. The SMILES string of the molecule is COc1cc(Nc2c([N+](=O)[O-])ncn2C)c(C)cc1[N+](=O)[O-]. The van der Waals surface area contributed by atoms with Crippen molar-refractivity contribution < 1.29 is 14.6 Å². The van der Waals surface area contributed by atoms with Crippen LogP contribution in [0.15, 0.2) is 18.5 Å². The number of hydrogen-bond donors (Lipinski definition) is 1. The molecule has 116 valence electrons. The van der Waals surface area contributed by atoms with Crippen molar-refractivity contribution in [1.82, 2.24) is 9.55 Å². The number of nitrogens with one attached hydrogen (secondary N) is 1. The zero-order valence-electron chi connectivity index (χ0n) is 12.1. The van der Waals surface area contributed by atoms with Gasteiger partial charge >= 0.3 is 11.5 Å². The van der Waals surface area contributed by atoms with Crippen molar-refractivity contribution in [3.63, 3.8) is 0 Å². The van der Waals surface area contributed by atoms with Crippen molar-refractivity contribution in [3.8, 4) is 5.75 Å². The molecular weight excluding hydrogens is 294 g/mol. The lowest BCUT2D eigenvalue weighted by Crippen LogP contribution is -2.03. The van der Waals surface area contributed by atoms with Gasteiger partial charge in [0.15, 0.2) is 5.75 Å². The predicted molar refractivity (Wildman–Crippen MR) is 77.5 cm³/mol. The molecule has 0 unspecified atom stereocenters. The molecule has 0 fully saturated rings. The Morgan fingerprint density at radius 2 is 1.95 bits per heavy atom. The van der Waals surface area contributed by atoms with Crippen molar-refractivity contribution in [1.29, 1.82) is 0 Å². The Hall–Kier alpha value is -3.17. The predicted octanol–water partition coefficient (Wildman–Crippen LogP) is 2.30. The zero-order chi connectivity index (χ0) is 16.4. The number of anilines is 2. The van der Waals surface area contributed by atoms with Crippen LogP contribution in [0, 0.1) is 27.2 Å². The van der Waals surface area contributed by atoms with Crippen LogP contribution in [-0.4, -0.2) is 26.5 Å². The minimum atomic E-state index is -0.611. The van der Waals surface area contributed by atoms with E-state index in [1.54, 1.807) is 14.0 Å². The van der Waals surface area contributed by atoms with Gasteiger partial charge in [-0.25, -0.2) is 0 Å². The third-order valence-corrected chi connectivity index (χ3v) is 3.07. The molecule has 0 saturated heterocycles. The van der Waals surface area contributed by atoms with Crippen LogP contribution in [0.25, 0.3) is 0 Å². The molecule has 0 radical (unpaired) electrons. The van der Waals surface area contributed by atoms with Crippen molar-refractivity contribution in [2.75, 3.05) is 12.4 Å². The van der Waals surface area contributed by atoms with Crippen LogP contribution in [-0.2, 0) is 7.05 Å². The highest BCUT2D eigenvalue weighted by Gasteiger charge is 2.23. The lowest BCUT2D eigenvalue weighted by Gasteiger charge is -2.11. The minimum absolute atomic E-state index is 0.0583. The Bertz CT molecular complexity index is 755. The number of aromatic nitrogens is 2. The van der Waals surface area contributed by atoms with Gasteiger partial charge in [0.05, 0.1) is 12.0 Å². The summed E-state index contributed by atoms with van der Waals surface area (Å²) in [6.07, 6.45) is 1.30. The van der Waals surface area contributed by atoms with Gasteiger partial charge in [-0.2, -0.15) is 0 Å². The highest BCUT2D eigenvalue weighted by Crippen LogP contribution is 2.35. The van der Waals surface area contributed by atoms with Crippen molar-refractivity contribution >= 4 is 23.0 Å². The average Bonchev–Trinajstić information content (AvgIpc) is 2.82. The quantitative estimate of drug-likeness (QED) is 0.663. The molecule has 0 amide bonds. The molecule has 1 aromatic carbocycles. The summed E-state index contributed by atoms with van der Waals surface area (Å²) in [7, 11) is 2.91. The van der Waals surface area contributed by atoms with Crippen LogP contribution in [0.2, 0.25) is 0 Å². The van der Waals surface area contributed by atoms with E-state index in [0.717, 1.165) is 0 Å². The molecule has 0 aliphatic carbocycles. The second-order valence-corrected chi connectivity index (χ2v) is 4.51. The van der Waals surface area contributed by atoms with Gasteiger partial charge in [0.2, 0.25) is 12.1 Å². The zero-order valence-corrected chi connectivity index (χ0v) is 12.1. The Morgan fingerprint density at radius 1 is 1.27 bits per heavy atom. The van der Waals surface area contributed by atoms with Gasteiger partial charge in [-0.3, -0.25) is 14.7 Å². The summed E-state index contributed by atoms with van der Waals surface area (Å²) in [6, 6.07) is 2.76. The maximum atomic E-state index is 11.0. The first-order valence-electron chi connectivity index (χ1n) is 6.11. The lowest BCUT2D eigenvalue weighted by atomic mass is 10.1. The van der Waals surface area contributed by atoms with Gasteiger partial charge in [-0.1, -0.05) is 0 Å². The van der Waals surface area contributed by atoms with Crippen LogP contribution >= 0.6 is 0 Å². The van der Waals surface area contributed by atoms with Crippen LogP contribution < -0.4 is 10.1 Å². The Kier molecular flexibility index (Phi) is 3.93. The number of nitro benzene ring substituents is 1. The molecular formula is C12H13N5O5. The molecule has 2 rings (SSSR count). The Labute approximate surface area is 124 Å². The first-order valence-corrected chi connectivity index (χ1v) is 6.11. The second kappa shape index (κ2) is 5.68. The van der Waals surface area contributed by atoms with Crippen LogP contribution in [0.4, 0.5) is 23.0 Å². The third kappa shape index (κ3) is 2.66. The van der Waals surface area contributed by atoms with Gasteiger partial charge in [-0.05, 0) is 22.4 Å². The highest BCUT2D eigenvalue weighted by atomic mass is 16.6. The van der Waals surface area contributed by atoms with E-state index >= 15 is 0 Å². The van der Waals surface area contributed by atoms with Gasteiger partial charge in [0.25, 0.3) is 0 Å². The summed E-state index contributed by atoms with van der Waals surface area (Å²) in [5, 5.41) is 24.8. The van der Waals surface area contributed by atoms with E-state index in [0.29, 0.717) is 11.3 Å². The largest absolute Gasteiger partial charge is 0.490 e. The summed E-state index contributed by atoms with van der Waals surface area (Å²) in [4.78, 5) is 24.4. The van der Waals surface area contributed by atoms with E-state index in [1.165, 1.54) is 30.1 Å². The van der Waals surface area contributed by atoms with Gasteiger partial charge in [0.1, 0.15) is 0 Å². The molecule has 10 nitrogen and oxygen atoms in total. The standard InChI is InChI=1S/C12H13N5O5/c1-7-4-9(16(18)19)10(22-3)5-8(7)14-12-11(17(20)21)13-6-15(12)2/h4-6,14H,1-3H3. The highest BCUT2D eigenvalue weighted by molar-refractivity contribution is 5.70. The smallest absolute Gasteiger partial charge is 0.406 e. The summed E-state index contributed by atoms with van der Waals surface area (Å²) >= 11 is 0. The van der Waals surface area contributed by atoms with E-state index in [4.69, 9.17) is 4.74 Å². The number of methoxy groups -OCH3 is 1. The molecule has 1 N–H and O–H groups in total. The maximum Gasteiger partial charge on any atom is 0.406 e. The molecule has 0 aliphatic rings. The number of rotatable bonds is 5. The molecule has 0 aliphatic heterocycles. The van der Waals surface area contributed by atoms with E-state index in [1.807, 2.05) is 0 Å². The molecule has 0 spiro atoms. The number of nitrogens with zero attached hydrogens (tertiary/aromatic N) is 4. The first kappa shape index (κ1) is 15.2. The fraction of sp³-hybridized carbons (Fsp3) is 0.250. The van der Waals surface area contributed by atoms with Crippen molar-refractivity contribution in [3.05, 3.63) is 44.3 Å². The van der Waals surface area contributed by atoms with E-state index in [2.05, 4.69) is 10.3 Å². The van der Waals surface area contributed by atoms with Gasteiger partial charge in [0, 0.05) is 24.9 Å². The Morgan fingerprint density at radius 3 is 2.50 bits per heavy atom. The number of benzene rings is 1. The lowest BCUT2D eigenvalue weighted by molar-refractivity contribution is -0.388. The Balaban J connectivity index is 2.49. The van der Waals surface area contributed by atoms with E-state index < -0.39 is 9.85 Å². The fourth-order valence-electron chi connectivity index (χ4n) is 1.94. The molecule has 0 saturated carbocycles. The number of nitro groups is 2. The minimum Gasteiger partial charge on any atom is -0.490 e. The average molecular weight is 307 g/mol. The second-order valence-electron chi connectivity index (χ2n) is 4.51. The number of aryl methyl sites for hydroxylation is 2. The monoisotopic (exact) mass is 307 g/mol. The molecule has 2 aromatic rings. The van der Waals surface area contributed by atoms with Gasteiger partial charge in [-0.15, -0.1) is 0 Å². The number of hydrogen-bond acceptors (Lipinski definition) is 7. The normalized spacial score (nSPS) is 10.3. The molecule has 10 heteroatoms. The fourth-order valence-corrected chi connectivity index (χ4v) is 1.94. The molecule has 0 bridgehead atoms. The summed E-state index contributed by atoms with van der Waals surface area (Å²) in [5.74, 6) is -0.105. The van der Waals surface area contributed by atoms with Crippen molar-refractivity contribution in [2.45, 2.75) is 6.92 Å². The van der Waals surface area contributed by atoms with Crippen LogP contribution in [0.5, 0.6) is 5.75 Å². The summed E-state index contributed by atoms with van der Waals surface area (Å²) < 4.78 is 6.44. The third-order valence-electron chi connectivity index (χ3n) is 3.07. The van der Waals surface area contributed by atoms with Crippen LogP contribution in [0.3, 0.4) is 0 Å². The van der Waals surface area contributed by atoms with Crippen LogP contribution in [0.1, 0.15) is 5.56 Å². The summed E-state index contributed by atoms with van der Waals surface area (Å²) in [6.45, 7) is 1.65. The van der Waals surface area contributed by atoms with E-state index in [9.17, 15) is 20.2 Å². The molecule has 1 heterocycles. The number of imidazole rings is 1.